The zero-order valence-corrected chi connectivity index (χ0v) is 10.8. The van der Waals surface area contributed by atoms with Crippen LogP contribution in [0.4, 0.5) is 5.82 Å². The Morgan fingerprint density at radius 1 is 1.59 bits per heavy atom. The lowest BCUT2D eigenvalue weighted by Crippen LogP contribution is -2.19. The highest BCUT2D eigenvalue weighted by atomic mass is 32.2. The van der Waals surface area contributed by atoms with Crippen molar-refractivity contribution in [1.29, 1.82) is 0 Å². The molecule has 1 aromatic heterocycles. The van der Waals surface area contributed by atoms with Crippen LogP contribution in [-0.4, -0.2) is 25.7 Å². The van der Waals surface area contributed by atoms with Gasteiger partial charge in [-0.15, -0.1) is 6.42 Å². The largest absolute Gasteiger partial charge is 0.355 e. The second-order valence-corrected chi connectivity index (χ2v) is 5.76. The molecule has 0 spiro atoms. The normalized spacial score (nSPS) is 12.8. The zero-order chi connectivity index (χ0) is 12.9. The van der Waals surface area contributed by atoms with Crippen LogP contribution in [0.1, 0.15) is 19.8 Å². The second-order valence-electron chi connectivity index (χ2n) is 3.77. The quantitative estimate of drug-likeness (QED) is 0.810. The van der Waals surface area contributed by atoms with Crippen molar-refractivity contribution in [2.24, 2.45) is 0 Å². The number of hydrogen-bond acceptors (Lipinski definition) is 4. The van der Waals surface area contributed by atoms with Gasteiger partial charge in [0.05, 0.1) is 6.04 Å². The van der Waals surface area contributed by atoms with E-state index in [-0.39, 0.29) is 10.9 Å². The minimum atomic E-state index is -3.30. The van der Waals surface area contributed by atoms with Gasteiger partial charge in [-0.05, 0) is 18.6 Å². The van der Waals surface area contributed by atoms with Crippen LogP contribution in [0.3, 0.4) is 0 Å². The van der Waals surface area contributed by atoms with E-state index in [4.69, 9.17) is 6.42 Å². The fourth-order valence-corrected chi connectivity index (χ4v) is 2.24. The molecule has 1 aromatic rings. The molecule has 0 aliphatic carbocycles. The molecule has 1 unspecified atom stereocenters. The Balaban J connectivity index is 3.03. The van der Waals surface area contributed by atoms with Crippen LogP contribution in [-0.2, 0) is 9.84 Å². The highest BCUT2D eigenvalue weighted by Crippen LogP contribution is 2.19. The van der Waals surface area contributed by atoms with Gasteiger partial charge in [0.15, 0.2) is 9.84 Å². The van der Waals surface area contributed by atoms with E-state index >= 15 is 0 Å². The van der Waals surface area contributed by atoms with Crippen molar-refractivity contribution in [2.75, 3.05) is 11.6 Å². The molecule has 0 aliphatic heterocycles. The molecule has 17 heavy (non-hydrogen) atoms. The molecule has 0 radical (unpaired) electrons. The molecule has 1 rings (SSSR count). The number of nitrogens with one attached hydrogen (secondary N) is 1. The van der Waals surface area contributed by atoms with Gasteiger partial charge in [0.25, 0.3) is 0 Å². The van der Waals surface area contributed by atoms with Crippen molar-refractivity contribution in [3.63, 3.8) is 0 Å². The van der Waals surface area contributed by atoms with Gasteiger partial charge in [-0.2, -0.15) is 0 Å². The van der Waals surface area contributed by atoms with E-state index in [9.17, 15) is 8.42 Å². The molecule has 0 aliphatic rings. The Morgan fingerprint density at radius 2 is 2.29 bits per heavy atom. The Morgan fingerprint density at radius 3 is 2.82 bits per heavy atom. The molecule has 5 heteroatoms. The van der Waals surface area contributed by atoms with E-state index in [0.717, 1.165) is 19.1 Å². The van der Waals surface area contributed by atoms with E-state index in [1.54, 1.807) is 6.07 Å². The first-order valence-electron chi connectivity index (χ1n) is 5.36. The van der Waals surface area contributed by atoms with Crippen LogP contribution in [0.5, 0.6) is 0 Å². The summed E-state index contributed by atoms with van der Waals surface area (Å²) in [5.74, 6) is 2.91. The molecule has 0 fully saturated rings. The van der Waals surface area contributed by atoms with Crippen LogP contribution in [0.25, 0.3) is 0 Å². The van der Waals surface area contributed by atoms with Gasteiger partial charge in [0.1, 0.15) is 10.7 Å². The molecule has 0 saturated heterocycles. The predicted octanol–water partition coefficient (Wildman–Crippen LogP) is 1.70. The van der Waals surface area contributed by atoms with Crippen LogP contribution in [0, 0.1) is 12.3 Å². The van der Waals surface area contributed by atoms with E-state index in [0.29, 0.717) is 5.82 Å². The third kappa shape index (κ3) is 3.75. The fourth-order valence-electron chi connectivity index (χ4n) is 1.45. The van der Waals surface area contributed by atoms with Crippen LogP contribution < -0.4 is 5.32 Å². The standard InChI is InChI=1S/C12H16N2O2S/c1-4-7-10(5-2)14-12-11(17(3,15)16)8-6-9-13-12/h2,6,8-10H,4,7H2,1,3H3,(H,13,14). The van der Waals surface area contributed by atoms with Crippen molar-refractivity contribution in [3.05, 3.63) is 18.3 Å². The van der Waals surface area contributed by atoms with Crippen molar-refractivity contribution in [2.45, 2.75) is 30.7 Å². The Kier molecular flexibility index (Phi) is 4.53. The molecule has 0 bridgehead atoms. The molecule has 1 heterocycles. The van der Waals surface area contributed by atoms with Gasteiger partial charge < -0.3 is 5.32 Å². The SMILES string of the molecule is C#CC(CCC)Nc1ncccc1S(C)(=O)=O. The summed E-state index contributed by atoms with van der Waals surface area (Å²) < 4.78 is 23.1. The first kappa shape index (κ1) is 13.5. The van der Waals surface area contributed by atoms with E-state index < -0.39 is 9.84 Å². The first-order chi connectivity index (χ1) is 7.99. The third-order valence-electron chi connectivity index (χ3n) is 2.26. The maximum absolute atomic E-state index is 11.5. The smallest absolute Gasteiger partial charge is 0.179 e. The van der Waals surface area contributed by atoms with E-state index in [2.05, 4.69) is 16.2 Å². The van der Waals surface area contributed by atoms with Crippen molar-refractivity contribution in [3.8, 4) is 12.3 Å². The zero-order valence-electron chi connectivity index (χ0n) is 9.97. The maximum atomic E-state index is 11.5. The van der Waals surface area contributed by atoms with Gasteiger partial charge in [-0.25, -0.2) is 13.4 Å². The minimum absolute atomic E-state index is 0.177. The lowest BCUT2D eigenvalue weighted by Gasteiger charge is -2.14. The molecule has 4 nitrogen and oxygen atoms in total. The summed E-state index contributed by atoms with van der Waals surface area (Å²) in [6.07, 6.45) is 9.76. The molecule has 0 amide bonds. The summed E-state index contributed by atoms with van der Waals surface area (Å²) in [5.41, 5.74) is 0. The number of aromatic nitrogens is 1. The fraction of sp³-hybridized carbons (Fsp3) is 0.417. The molecule has 0 saturated carbocycles. The monoisotopic (exact) mass is 252 g/mol. The molecular formula is C12H16N2O2S. The number of hydrogen-bond donors (Lipinski definition) is 1. The first-order valence-corrected chi connectivity index (χ1v) is 7.26. The Hall–Kier alpha value is -1.54. The molecule has 0 aromatic carbocycles. The molecule has 1 N–H and O–H groups in total. The van der Waals surface area contributed by atoms with Gasteiger partial charge >= 0.3 is 0 Å². The van der Waals surface area contributed by atoms with Crippen LogP contribution in [0.2, 0.25) is 0 Å². The lowest BCUT2D eigenvalue weighted by molar-refractivity contribution is 0.601. The van der Waals surface area contributed by atoms with E-state index in [1.807, 2.05) is 6.92 Å². The number of rotatable bonds is 5. The number of anilines is 1. The van der Waals surface area contributed by atoms with Crippen molar-refractivity contribution < 1.29 is 8.42 Å². The average Bonchev–Trinajstić information content (AvgIpc) is 2.27. The molecule has 92 valence electrons. The summed E-state index contributed by atoms with van der Waals surface area (Å²) in [4.78, 5) is 4.21. The second kappa shape index (κ2) is 5.69. The summed E-state index contributed by atoms with van der Waals surface area (Å²) >= 11 is 0. The average molecular weight is 252 g/mol. The van der Waals surface area contributed by atoms with Crippen LogP contribution in [0.15, 0.2) is 23.2 Å². The highest BCUT2D eigenvalue weighted by Gasteiger charge is 2.15. The third-order valence-corrected chi connectivity index (χ3v) is 3.39. The highest BCUT2D eigenvalue weighted by molar-refractivity contribution is 7.90. The summed E-state index contributed by atoms with van der Waals surface area (Å²) in [7, 11) is -3.30. The molecule has 1 atom stereocenters. The number of terminal acetylenes is 1. The summed E-state index contributed by atoms with van der Waals surface area (Å²) in [5, 5.41) is 2.98. The van der Waals surface area contributed by atoms with Crippen molar-refractivity contribution in [1.82, 2.24) is 4.98 Å². The number of nitrogens with zero attached hydrogens (tertiary/aromatic N) is 1. The van der Waals surface area contributed by atoms with Gasteiger partial charge in [0, 0.05) is 12.5 Å². The van der Waals surface area contributed by atoms with E-state index in [1.165, 1.54) is 12.3 Å². The lowest BCUT2D eigenvalue weighted by atomic mass is 10.2. The molecular weight excluding hydrogens is 236 g/mol. The maximum Gasteiger partial charge on any atom is 0.179 e. The van der Waals surface area contributed by atoms with Gasteiger partial charge in [-0.3, -0.25) is 0 Å². The van der Waals surface area contributed by atoms with Crippen LogP contribution >= 0.6 is 0 Å². The summed E-state index contributed by atoms with van der Waals surface area (Å²) in [6.45, 7) is 2.02. The van der Waals surface area contributed by atoms with Gasteiger partial charge in [0.2, 0.25) is 0 Å². The number of pyridine rings is 1. The number of sulfone groups is 1. The Labute approximate surface area is 102 Å². The Bertz CT molecular complexity index is 518. The van der Waals surface area contributed by atoms with Gasteiger partial charge in [-0.1, -0.05) is 19.3 Å². The van der Waals surface area contributed by atoms with Crippen molar-refractivity contribution >= 4 is 15.7 Å². The minimum Gasteiger partial charge on any atom is -0.355 e. The topological polar surface area (TPSA) is 59.1 Å². The summed E-state index contributed by atoms with van der Waals surface area (Å²) in [6, 6.07) is 2.91. The predicted molar refractivity (Wildman–Crippen MR) is 68.5 cm³/mol.